The van der Waals surface area contributed by atoms with Crippen LogP contribution in [0.3, 0.4) is 0 Å². The third-order valence-corrected chi connectivity index (χ3v) is 7.78. The Kier molecular flexibility index (Phi) is 25.5. The van der Waals surface area contributed by atoms with Crippen LogP contribution in [0.5, 0.6) is 0 Å². The van der Waals surface area contributed by atoms with Gasteiger partial charge < -0.3 is 39.4 Å². The average Bonchev–Trinajstić information content (AvgIpc) is 3.05. The van der Waals surface area contributed by atoms with E-state index in [1.165, 1.54) is 25.7 Å². The molecule has 4 N–H and O–H groups in total. The van der Waals surface area contributed by atoms with Gasteiger partial charge in [0.1, 0.15) is 31.0 Å². The first-order chi connectivity index (χ1) is 22.3. The van der Waals surface area contributed by atoms with E-state index in [0.29, 0.717) is 12.8 Å². The molecule has 0 radical (unpaired) electrons. The van der Waals surface area contributed by atoms with E-state index in [0.717, 1.165) is 57.8 Å². The largest absolute Gasteiger partial charge is 0.462 e. The maximum Gasteiger partial charge on any atom is 0.306 e. The topological polar surface area (TPSA) is 152 Å². The van der Waals surface area contributed by atoms with Gasteiger partial charge in [-0.2, -0.15) is 0 Å². The van der Waals surface area contributed by atoms with Crippen LogP contribution in [0, 0.1) is 0 Å². The second-order valence-electron chi connectivity index (χ2n) is 12.0. The van der Waals surface area contributed by atoms with E-state index in [4.69, 9.17) is 18.9 Å². The van der Waals surface area contributed by atoms with Gasteiger partial charge in [0.05, 0.1) is 13.2 Å². The van der Waals surface area contributed by atoms with E-state index in [1.807, 2.05) is 6.92 Å². The van der Waals surface area contributed by atoms with Gasteiger partial charge in [-0.3, -0.25) is 9.59 Å². The molecule has 46 heavy (non-hydrogen) atoms. The van der Waals surface area contributed by atoms with Crippen LogP contribution >= 0.6 is 0 Å². The molecule has 0 aromatic rings. The van der Waals surface area contributed by atoms with E-state index in [9.17, 15) is 30.0 Å². The van der Waals surface area contributed by atoms with E-state index < -0.39 is 55.4 Å². The van der Waals surface area contributed by atoms with Crippen LogP contribution in [-0.2, 0) is 28.5 Å². The minimum absolute atomic E-state index is 0.214. The van der Waals surface area contributed by atoms with E-state index in [2.05, 4.69) is 43.4 Å². The van der Waals surface area contributed by atoms with Crippen LogP contribution in [0.1, 0.15) is 123 Å². The normalized spacial score (nSPS) is 22.6. The van der Waals surface area contributed by atoms with Gasteiger partial charge in [0.25, 0.3) is 0 Å². The molecule has 0 saturated carbocycles. The molecule has 1 fully saturated rings. The fourth-order valence-electron chi connectivity index (χ4n) is 4.88. The van der Waals surface area contributed by atoms with Gasteiger partial charge >= 0.3 is 11.9 Å². The Morgan fingerprint density at radius 1 is 0.674 bits per heavy atom. The molecule has 0 aromatic heterocycles. The number of esters is 2. The highest BCUT2D eigenvalue weighted by molar-refractivity contribution is 5.70. The Morgan fingerprint density at radius 2 is 1.24 bits per heavy atom. The Labute approximate surface area is 276 Å². The third-order valence-electron chi connectivity index (χ3n) is 7.78. The SMILES string of the molecule is CCCCC/C=C\C/C=C\C/C=C\CCCCCCCCC(=O)OC(COC(=O)CCCC)COC1OC(CO)C(O)C(O)C1O. The standard InChI is InChI=1S/C36H62O10/c1-3-5-7-8-9-10-11-12-13-14-15-16-17-18-19-20-21-22-23-25-32(39)45-29(27-43-31(38)24-6-4-2)28-44-36-35(42)34(41)33(40)30(26-37)46-36/h9-10,12-13,15-16,29-30,33-37,40-42H,3-8,11,14,17-28H2,1-2H3/b10-9-,13-12-,16-15-. The quantitative estimate of drug-likeness (QED) is 0.0501. The van der Waals surface area contributed by atoms with Crippen LogP contribution in [0.25, 0.3) is 0 Å². The maximum atomic E-state index is 12.5. The zero-order valence-corrected chi connectivity index (χ0v) is 28.3. The molecule has 1 saturated heterocycles. The molecule has 6 atom stereocenters. The molecule has 1 heterocycles. The summed E-state index contributed by atoms with van der Waals surface area (Å²) in [6, 6.07) is 0. The number of carbonyl (C=O) groups excluding carboxylic acids is 2. The minimum Gasteiger partial charge on any atom is -0.462 e. The predicted octanol–water partition coefficient (Wildman–Crippen LogP) is 5.60. The summed E-state index contributed by atoms with van der Waals surface area (Å²) in [5, 5.41) is 39.5. The number of hydrogen-bond donors (Lipinski definition) is 4. The summed E-state index contributed by atoms with van der Waals surface area (Å²) in [5.74, 6) is -0.867. The van der Waals surface area contributed by atoms with Crippen LogP contribution in [0.15, 0.2) is 36.5 Å². The molecule has 0 aliphatic carbocycles. The second kappa shape index (κ2) is 28.0. The van der Waals surface area contributed by atoms with Crippen molar-refractivity contribution in [1.29, 1.82) is 0 Å². The molecule has 10 nitrogen and oxygen atoms in total. The summed E-state index contributed by atoms with van der Waals surface area (Å²) in [6.45, 7) is 3.08. The van der Waals surface area contributed by atoms with Crippen molar-refractivity contribution >= 4 is 11.9 Å². The molecule has 1 aliphatic heterocycles. The molecule has 0 amide bonds. The Morgan fingerprint density at radius 3 is 1.87 bits per heavy atom. The fourth-order valence-corrected chi connectivity index (χ4v) is 4.88. The smallest absolute Gasteiger partial charge is 0.306 e. The Bertz CT molecular complexity index is 856. The Hall–Kier alpha value is -2.08. The van der Waals surface area contributed by atoms with E-state index >= 15 is 0 Å². The minimum atomic E-state index is -1.59. The molecule has 1 aliphatic rings. The maximum absolute atomic E-state index is 12.5. The lowest BCUT2D eigenvalue weighted by atomic mass is 9.99. The van der Waals surface area contributed by atoms with Crippen molar-refractivity contribution in [2.24, 2.45) is 0 Å². The van der Waals surface area contributed by atoms with Gasteiger partial charge in [0.2, 0.25) is 0 Å². The van der Waals surface area contributed by atoms with Gasteiger partial charge in [-0.25, -0.2) is 0 Å². The highest BCUT2D eigenvalue weighted by Crippen LogP contribution is 2.22. The summed E-state index contributed by atoms with van der Waals surface area (Å²) >= 11 is 0. The number of aliphatic hydroxyl groups excluding tert-OH is 4. The lowest BCUT2D eigenvalue weighted by Gasteiger charge is -2.39. The van der Waals surface area contributed by atoms with Gasteiger partial charge in [0, 0.05) is 12.8 Å². The van der Waals surface area contributed by atoms with Crippen molar-refractivity contribution in [2.45, 2.75) is 160 Å². The van der Waals surface area contributed by atoms with Crippen LogP contribution in [-0.4, -0.2) is 89.0 Å². The monoisotopic (exact) mass is 654 g/mol. The molecule has 0 aromatic carbocycles. The molecule has 266 valence electrons. The summed E-state index contributed by atoms with van der Waals surface area (Å²) < 4.78 is 21.7. The molecule has 0 spiro atoms. The lowest BCUT2D eigenvalue weighted by Crippen LogP contribution is -2.59. The van der Waals surface area contributed by atoms with Crippen LogP contribution in [0.2, 0.25) is 0 Å². The third kappa shape index (κ3) is 20.2. The highest BCUT2D eigenvalue weighted by Gasteiger charge is 2.44. The number of rotatable bonds is 27. The van der Waals surface area contributed by atoms with E-state index in [1.54, 1.807) is 0 Å². The molecular weight excluding hydrogens is 592 g/mol. The van der Waals surface area contributed by atoms with Crippen molar-refractivity contribution in [3.63, 3.8) is 0 Å². The first-order valence-corrected chi connectivity index (χ1v) is 17.6. The second-order valence-corrected chi connectivity index (χ2v) is 12.0. The summed E-state index contributed by atoms with van der Waals surface area (Å²) in [4.78, 5) is 24.5. The number of allylic oxidation sites excluding steroid dienone is 6. The zero-order chi connectivity index (χ0) is 33.8. The molecule has 0 bridgehead atoms. The van der Waals surface area contributed by atoms with E-state index in [-0.39, 0.29) is 26.1 Å². The van der Waals surface area contributed by atoms with Crippen molar-refractivity contribution in [3.8, 4) is 0 Å². The van der Waals surface area contributed by atoms with Gasteiger partial charge in [-0.05, 0) is 51.4 Å². The first kappa shape index (κ1) is 41.9. The van der Waals surface area contributed by atoms with Crippen molar-refractivity contribution in [3.05, 3.63) is 36.5 Å². The zero-order valence-electron chi connectivity index (χ0n) is 28.3. The average molecular weight is 655 g/mol. The number of hydrogen-bond acceptors (Lipinski definition) is 10. The number of carbonyl (C=O) groups is 2. The van der Waals surface area contributed by atoms with Gasteiger partial charge in [-0.15, -0.1) is 0 Å². The number of unbranched alkanes of at least 4 members (excludes halogenated alkanes) is 10. The van der Waals surface area contributed by atoms with Crippen LogP contribution < -0.4 is 0 Å². The van der Waals surface area contributed by atoms with Crippen LogP contribution in [0.4, 0.5) is 0 Å². The number of ether oxygens (including phenoxy) is 4. The lowest BCUT2D eigenvalue weighted by molar-refractivity contribution is -0.305. The summed E-state index contributed by atoms with van der Waals surface area (Å²) in [5.41, 5.74) is 0. The molecule has 10 heteroatoms. The van der Waals surface area contributed by atoms with Crippen molar-refractivity contribution in [1.82, 2.24) is 0 Å². The molecular formula is C36H62O10. The summed E-state index contributed by atoms with van der Waals surface area (Å²) in [6.07, 6.45) is 21.4. The molecule has 1 rings (SSSR count). The fraction of sp³-hybridized carbons (Fsp3) is 0.778. The van der Waals surface area contributed by atoms with Gasteiger partial charge in [-0.1, -0.05) is 95.2 Å². The predicted molar refractivity (Wildman–Crippen MR) is 178 cm³/mol. The van der Waals surface area contributed by atoms with Crippen molar-refractivity contribution in [2.75, 3.05) is 19.8 Å². The highest BCUT2D eigenvalue weighted by atomic mass is 16.7. The van der Waals surface area contributed by atoms with Gasteiger partial charge in [0.15, 0.2) is 12.4 Å². The molecule has 6 unspecified atom stereocenters. The summed E-state index contributed by atoms with van der Waals surface area (Å²) in [7, 11) is 0. The van der Waals surface area contributed by atoms with Crippen molar-refractivity contribution < 1.29 is 49.0 Å². The number of aliphatic hydroxyl groups is 4. The first-order valence-electron chi connectivity index (χ1n) is 17.6. The Balaban J connectivity index is 2.27.